The lowest BCUT2D eigenvalue weighted by Crippen LogP contribution is -2.65. The summed E-state index contributed by atoms with van der Waals surface area (Å²) in [7, 11) is 4.43. The van der Waals surface area contributed by atoms with Crippen LogP contribution in [-0.4, -0.2) is 77.3 Å². The number of pyridine rings is 1. The number of fused-ring (bicyclic) bond motifs is 4. The molecule has 5 rings (SSSR count). The van der Waals surface area contributed by atoms with Gasteiger partial charge in [-0.15, -0.1) is 0 Å². The molecule has 3 saturated heterocycles. The van der Waals surface area contributed by atoms with Crippen LogP contribution in [0.3, 0.4) is 0 Å². The van der Waals surface area contributed by atoms with Gasteiger partial charge in [0.05, 0.1) is 5.56 Å². The summed E-state index contributed by atoms with van der Waals surface area (Å²) in [6, 6.07) is 5.59. The van der Waals surface area contributed by atoms with E-state index in [4.69, 9.17) is 9.51 Å². The van der Waals surface area contributed by atoms with Crippen molar-refractivity contribution >= 4 is 5.82 Å². The van der Waals surface area contributed by atoms with E-state index in [1.54, 1.807) is 0 Å². The van der Waals surface area contributed by atoms with E-state index < -0.39 is 0 Å². The average Bonchev–Trinajstić information content (AvgIpc) is 3.17. The predicted octanol–water partition coefficient (Wildman–Crippen LogP) is 2.68. The Morgan fingerprint density at radius 1 is 1.17 bits per heavy atom. The molecular weight excluding hydrogens is 364 g/mol. The Kier molecular flexibility index (Phi) is 5.04. The van der Waals surface area contributed by atoms with E-state index in [9.17, 15) is 0 Å². The van der Waals surface area contributed by atoms with E-state index >= 15 is 0 Å². The first-order valence-corrected chi connectivity index (χ1v) is 11.0. The zero-order valence-corrected chi connectivity index (χ0v) is 17.8. The molecule has 0 aromatic carbocycles. The number of nitrogens with zero attached hydrogens (tertiary/aromatic N) is 6. The Balaban J connectivity index is 1.37. The molecule has 29 heavy (non-hydrogen) atoms. The van der Waals surface area contributed by atoms with Gasteiger partial charge in [0.2, 0.25) is 0 Å². The highest BCUT2D eigenvalue weighted by Crippen LogP contribution is 2.42. The maximum atomic E-state index is 5.28. The van der Waals surface area contributed by atoms with Crippen LogP contribution in [0.2, 0.25) is 0 Å². The van der Waals surface area contributed by atoms with Crippen molar-refractivity contribution in [2.75, 3.05) is 45.2 Å². The molecule has 4 atom stereocenters. The Labute approximate surface area is 173 Å². The molecule has 3 fully saturated rings. The molecule has 7 heteroatoms. The number of hydrogen-bond acceptors (Lipinski definition) is 7. The lowest BCUT2D eigenvalue weighted by molar-refractivity contribution is -0.0400. The minimum atomic E-state index is 0.543. The normalized spacial score (nSPS) is 29.9. The molecule has 0 N–H and O–H groups in total. The summed E-state index contributed by atoms with van der Waals surface area (Å²) in [5.74, 6) is 3.74. The van der Waals surface area contributed by atoms with Gasteiger partial charge >= 0.3 is 0 Å². The highest BCUT2D eigenvalue weighted by Gasteiger charge is 2.47. The van der Waals surface area contributed by atoms with E-state index in [1.165, 1.54) is 32.2 Å². The van der Waals surface area contributed by atoms with E-state index in [0.717, 1.165) is 43.0 Å². The SMILES string of the molecule is Cc1noc(-c2ccc(N3C[C@H]4C[C@@H](C3)[C@H](CN(C)C)N3CCCC[C@@H]43)nc2)n1. The van der Waals surface area contributed by atoms with Gasteiger partial charge in [0.15, 0.2) is 5.82 Å². The Bertz CT molecular complexity index is 834. The van der Waals surface area contributed by atoms with Gasteiger partial charge in [0.1, 0.15) is 5.82 Å². The summed E-state index contributed by atoms with van der Waals surface area (Å²) in [6.45, 7) is 6.50. The topological polar surface area (TPSA) is 61.5 Å². The van der Waals surface area contributed by atoms with Crippen LogP contribution in [0, 0.1) is 18.8 Å². The number of aryl methyl sites for hydroxylation is 1. The third-order valence-electron chi connectivity index (χ3n) is 7.02. The van der Waals surface area contributed by atoms with Gasteiger partial charge < -0.3 is 14.3 Å². The number of likely N-dealkylation sites (N-methyl/N-ethyl adjacent to an activating group) is 1. The van der Waals surface area contributed by atoms with Gasteiger partial charge in [-0.05, 0) is 70.8 Å². The van der Waals surface area contributed by atoms with Crippen molar-refractivity contribution < 1.29 is 4.52 Å². The highest BCUT2D eigenvalue weighted by atomic mass is 16.5. The smallest absolute Gasteiger partial charge is 0.259 e. The molecule has 3 aliphatic heterocycles. The van der Waals surface area contributed by atoms with Crippen LogP contribution in [0.15, 0.2) is 22.9 Å². The molecule has 2 aromatic rings. The van der Waals surface area contributed by atoms with Crippen molar-refractivity contribution in [3.05, 3.63) is 24.2 Å². The number of anilines is 1. The van der Waals surface area contributed by atoms with Crippen LogP contribution in [0.4, 0.5) is 5.82 Å². The largest absolute Gasteiger partial charge is 0.356 e. The molecule has 0 unspecified atom stereocenters. The van der Waals surface area contributed by atoms with Crippen LogP contribution in [-0.2, 0) is 0 Å². The molecule has 0 spiro atoms. The van der Waals surface area contributed by atoms with Gasteiger partial charge in [0.25, 0.3) is 5.89 Å². The third kappa shape index (κ3) is 3.66. The molecule has 2 aromatic heterocycles. The Hall–Kier alpha value is -1.99. The van der Waals surface area contributed by atoms with Crippen molar-refractivity contribution in [3.63, 3.8) is 0 Å². The third-order valence-corrected chi connectivity index (χ3v) is 7.02. The van der Waals surface area contributed by atoms with Crippen molar-refractivity contribution in [3.8, 4) is 11.5 Å². The van der Waals surface area contributed by atoms with Crippen LogP contribution in [0.1, 0.15) is 31.5 Å². The van der Waals surface area contributed by atoms with Crippen LogP contribution < -0.4 is 4.90 Å². The fraction of sp³-hybridized carbons (Fsp3) is 0.682. The standard InChI is InChI=1S/C22H32N6O/c1-15-24-22(29-25-15)16-7-8-21(23-11-16)27-12-17-10-18(13-27)20(14-26(2)3)28-9-5-4-6-19(17)28/h7-8,11,17-20H,4-6,9-10,12-14H2,1-3H3/t17-,18+,19+,20+/m1/s1. The fourth-order valence-electron chi connectivity index (χ4n) is 5.83. The molecule has 156 valence electrons. The average molecular weight is 397 g/mol. The molecule has 2 bridgehead atoms. The quantitative estimate of drug-likeness (QED) is 0.787. The van der Waals surface area contributed by atoms with E-state index in [2.05, 4.69) is 51.1 Å². The van der Waals surface area contributed by atoms with Crippen molar-refractivity contribution in [1.29, 1.82) is 0 Å². The van der Waals surface area contributed by atoms with Crippen molar-refractivity contribution in [2.24, 2.45) is 11.8 Å². The monoisotopic (exact) mass is 396 g/mol. The van der Waals surface area contributed by atoms with Gasteiger partial charge in [-0.1, -0.05) is 11.6 Å². The van der Waals surface area contributed by atoms with Crippen molar-refractivity contribution in [1.82, 2.24) is 24.9 Å². The second-order valence-electron chi connectivity index (χ2n) is 9.34. The molecule has 7 nitrogen and oxygen atoms in total. The maximum absolute atomic E-state index is 5.28. The first-order valence-electron chi connectivity index (χ1n) is 11.0. The van der Waals surface area contributed by atoms with Crippen LogP contribution in [0.5, 0.6) is 0 Å². The summed E-state index contributed by atoms with van der Waals surface area (Å²) in [4.78, 5) is 16.9. The zero-order valence-electron chi connectivity index (χ0n) is 17.8. The van der Waals surface area contributed by atoms with Gasteiger partial charge in [-0.25, -0.2) is 4.98 Å². The first-order chi connectivity index (χ1) is 14.1. The lowest BCUT2D eigenvalue weighted by atomic mass is 9.72. The van der Waals surface area contributed by atoms with Crippen LogP contribution >= 0.6 is 0 Å². The molecule has 0 aliphatic carbocycles. The van der Waals surface area contributed by atoms with Gasteiger partial charge in [0, 0.05) is 37.9 Å². The number of rotatable bonds is 4. The Morgan fingerprint density at radius 2 is 2.03 bits per heavy atom. The summed E-state index contributed by atoms with van der Waals surface area (Å²) < 4.78 is 5.28. The lowest BCUT2D eigenvalue weighted by Gasteiger charge is -2.57. The summed E-state index contributed by atoms with van der Waals surface area (Å²) in [6.07, 6.45) is 7.35. The second kappa shape index (κ2) is 7.69. The minimum absolute atomic E-state index is 0.543. The Morgan fingerprint density at radius 3 is 2.76 bits per heavy atom. The van der Waals surface area contributed by atoms with Crippen molar-refractivity contribution in [2.45, 2.75) is 44.7 Å². The summed E-state index contributed by atoms with van der Waals surface area (Å²) >= 11 is 0. The molecule has 3 aliphatic rings. The molecule has 5 heterocycles. The summed E-state index contributed by atoms with van der Waals surface area (Å²) in [5.41, 5.74) is 0.885. The number of aromatic nitrogens is 3. The number of piperidine rings is 3. The van der Waals surface area contributed by atoms with E-state index in [1.807, 2.05) is 13.1 Å². The van der Waals surface area contributed by atoms with Gasteiger partial charge in [-0.3, -0.25) is 4.90 Å². The van der Waals surface area contributed by atoms with E-state index in [-0.39, 0.29) is 0 Å². The van der Waals surface area contributed by atoms with Crippen LogP contribution in [0.25, 0.3) is 11.5 Å². The molecule has 0 radical (unpaired) electrons. The summed E-state index contributed by atoms with van der Waals surface area (Å²) in [5, 5.41) is 3.88. The highest BCUT2D eigenvalue weighted by molar-refractivity contribution is 5.54. The zero-order chi connectivity index (χ0) is 20.0. The first kappa shape index (κ1) is 19.0. The fourth-order valence-corrected chi connectivity index (χ4v) is 5.83. The molecule has 0 amide bonds. The van der Waals surface area contributed by atoms with E-state index in [0.29, 0.717) is 23.7 Å². The van der Waals surface area contributed by atoms with Gasteiger partial charge in [-0.2, -0.15) is 4.98 Å². The predicted molar refractivity (Wildman–Crippen MR) is 113 cm³/mol. The minimum Gasteiger partial charge on any atom is -0.356 e. The molecule has 0 saturated carbocycles. The maximum Gasteiger partial charge on any atom is 0.259 e. The number of hydrogen-bond donors (Lipinski definition) is 0. The second-order valence-corrected chi connectivity index (χ2v) is 9.34. The molecular formula is C22H32N6O.